The van der Waals surface area contributed by atoms with Crippen molar-refractivity contribution in [1.82, 2.24) is 9.55 Å². The minimum Gasteiger partial charge on any atom is -0.334 e. The SMILES string of the molecule is C=CCC(CC=C)n1ccnc1. The van der Waals surface area contributed by atoms with Crippen LogP contribution in [-0.2, 0) is 0 Å². The number of rotatable bonds is 5. The third-order valence-corrected chi connectivity index (χ3v) is 1.82. The van der Waals surface area contributed by atoms with Crippen LogP contribution in [0.3, 0.4) is 0 Å². The molecule has 0 spiro atoms. The van der Waals surface area contributed by atoms with Crippen molar-refractivity contribution in [3.63, 3.8) is 0 Å². The maximum Gasteiger partial charge on any atom is 0.0948 e. The predicted molar refractivity (Wildman–Crippen MR) is 50.9 cm³/mol. The summed E-state index contributed by atoms with van der Waals surface area (Å²) in [5.41, 5.74) is 0. The van der Waals surface area contributed by atoms with Gasteiger partial charge >= 0.3 is 0 Å². The summed E-state index contributed by atoms with van der Waals surface area (Å²) < 4.78 is 2.09. The summed E-state index contributed by atoms with van der Waals surface area (Å²) >= 11 is 0. The first-order chi connectivity index (χ1) is 5.88. The minimum absolute atomic E-state index is 0.433. The first-order valence-corrected chi connectivity index (χ1v) is 4.07. The summed E-state index contributed by atoms with van der Waals surface area (Å²) in [6, 6.07) is 0.433. The molecule has 0 unspecified atom stereocenters. The van der Waals surface area contributed by atoms with E-state index in [4.69, 9.17) is 0 Å². The summed E-state index contributed by atoms with van der Waals surface area (Å²) in [6.45, 7) is 7.45. The molecule has 0 bridgehead atoms. The number of hydrogen-bond acceptors (Lipinski definition) is 1. The second-order valence-electron chi connectivity index (χ2n) is 2.71. The van der Waals surface area contributed by atoms with Gasteiger partial charge in [-0.05, 0) is 12.8 Å². The Morgan fingerprint density at radius 2 is 2.00 bits per heavy atom. The van der Waals surface area contributed by atoms with E-state index >= 15 is 0 Å². The summed E-state index contributed by atoms with van der Waals surface area (Å²) in [7, 11) is 0. The first kappa shape index (κ1) is 8.78. The third-order valence-electron chi connectivity index (χ3n) is 1.82. The molecule has 0 aliphatic heterocycles. The molecule has 12 heavy (non-hydrogen) atoms. The third kappa shape index (κ3) is 2.09. The molecule has 2 heteroatoms. The second kappa shape index (κ2) is 4.54. The molecule has 0 amide bonds. The topological polar surface area (TPSA) is 17.8 Å². The minimum atomic E-state index is 0.433. The highest BCUT2D eigenvalue weighted by atomic mass is 15.0. The number of nitrogens with zero attached hydrogens (tertiary/aromatic N) is 2. The van der Waals surface area contributed by atoms with Gasteiger partial charge in [0.1, 0.15) is 0 Å². The maximum atomic E-state index is 4.00. The summed E-state index contributed by atoms with van der Waals surface area (Å²) in [5.74, 6) is 0. The number of imidazole rings is 1. The van der Waals surface area contributed by atoms with Crippen molar-refractivity contribution < 1.29 is 0 Å². The van der Waals surface area contributed by atoms with Crippen molar-refractivity contribution in [1.29, 1.82) is 0 Å². The van der Waals surface area contributed by atoms with Gasteiger partial charge in [-0.1, -0.05) is 12.2 Å². The predicted octanol–water partition coefficient (Wildman–Crippen LogP) is 2.58. The molecule has 0 aliphatic rings. The van der Waals surface area contributed by atoms with Gasteiger partial charge in [0.05, 0.1) is 6.33 Å². The fourth-order valence-corrected chi connectivity index (χ4v) is 1.21. The average Bonchev–Trinajstić information content (AvgIpc) is 2.56. The molecule has 0 saturated carbocycles. The zero-order valence-corrected chi connectivity index (χ0v) is 7.19. The van der Waals surface area contributed by atoms with E-state index in [9.17, 15) is 0 Å². The number of hydrogen-bond donors (Lipinski definition) is 0. The van der Waals surface area contributed by atoms with Gasteiger partial charge < -0.3 is 4.57 Å². The zero-order valence-electron chi connectivity index (χ0n) is 7.19. The lowest BCUT2D eigenvalue weighted by Crippen LogP contribution is -2.04. The lowest BCUT2D eigenvalue weighted by Gasteiger charge is -2.13. The van der Waals surface area contributed by atoms with Crippen LogP contribution in [0.15, 0.2) is 44.0 Å². The van der Waals surface area contributed by atoms with Crippen LogP contribution < -0.4 is 0 Å². The Balaban J connectivity index is 2.65. The monoisotopic (exact) mass is 162 g/mol. The van der Waals surface area contributed by atoms with Crippen LogP contribution in [-0.4, -0.2) is 9.55 Å². The molecule has 0 N–H and O–H groups in total. The fraction of sp³-hybridized carbons (Fsp3) is 0.300. The Kier molecular flexibility index (Phi) is 3.33. The molecule has 0 aromatic carbocycles. The van der Waals surface area contributed by atoms with Crippen LogP contribution in [0.4, 0.5) is 0 Å². The molecule has 0 atom stereocenters. The van der Waals surface area contributed by atoms with Crippen molar-refractivity contribution in [2.75, 3.05) is 0 Å². The van der Waals surface area contributed by atoms with Crippen LogP contribution >= 0.6 is 0 Å². The van der Waals surface area contributed by atoms with Crippen molar-refractivity contribution in [3.8, 4) is 0 Å². The smallest absolute Gasteiger partial charge is 0.0948 e. The van der Waals surface area contributed by atoms with Crippen LogP contribution in [0.1, 0.15) is 18.9 Å². The molecule has 64 valence electrons. The highest BCUT2D eigenvalue weighted by Gasteiger charge is 2.04. The van der Waals surface area contributed by atoms with Crippen LogP contribution in [0.25, 0.3) is 0 Å². The Morgan fingerprint density at radius 1 is 1.33 bits per heavy atom. The Hall–Kier alpha value is -1.31. The molecule has 1 aromatic heterocycles. The largest absolute Gasteiger partial charge is 0.334 e. The van der Waals surface area contributed by atoms with Gasteiger partial charge in [-0.15, -0.1) is 13.2 Å². The van der Waals surface area contributed by atoms with Crippen molar-refractivity contribution in [2.45, 2.75) is 18.9 Å². The van der Waals surface area contributed by atoms with E-state index in [1.165, 1.54) is 0 Å². The molecular weight excluding hydrogens is 148 g/mol. The van der Waals surface area contributed by atoms with Crippen molar-refractivity contribution >= 4 is 0 Å². The molecule has 1 heterocycles. The normalized spacial score (nSPS) is 10.1. The van der Waals surface area contributed by atoms with Gasteiger partial charge in [-0.2, -0.15) is 0 Å². The van der Waals surface area contributed by atoms with E-state index in [1.807, 2.05) is 24.7 Å². The zero-order chi connectivity index (χ0) is 8.81. The van der Waals surface area contributed by atoms with E-state index in [1.54, 1.807) is 6.20 Å². The first-order valence-electron chi connectivity index (χ1n) is 4.07. The lowest BCUT2D eigenvalue weighted by molar-refractivity contribution is 0.513. The molecular formula is C10H14N2. The van der Waals surface area contributed by atoms with Gasteiger partial charge in [-0.25, -0.2) is 4.98 Å². The highest BCUT2D eigenvalue weighted by molar-refractivity contribution is 4.88. The maximum absolute atomic E-state index is 4.00. The summed E-state index contributed by atoms with van der Waals surface area (Å²) in [4.78, 5) is 4.00. The van der Waals surface area contributed by atoms with Gasteiger partial charge in [0.15, 0.2) is 0 Å². The molecule has 0 fully saturated rings. The van der Waals surface area contributed by atoms with Crippen molar-refractivity contribution in [3.05, 3.63) is 44.0 Å². The fourth-order valence-electron chi connectivity index (χ4n) is 1.21. The Morgan fingerprint density at radius 3 is 2.42 bits per heavy atom. The average molecular weight is 162 g/mol. The second-order valence-corrected chi connectivity index (χ2v) is 2.71. The van der Waals surface area contributed by atoms with E-state index in [-0.39, 0.29) is 0 Å². The van der Waals surface area contributed by atoms with Crippen LogP contribution in [0.2, 0.25) is 0 Å². The van der Waals surface area contributed by atoms with Crippen LogP contribution in [0, 0.1) is 0 Å². The summed E-state index contributed by atoms with van der Waals surface area (Å²) in [5, 5.41) is 0. The Labute approximate surface area is 73.2 Å². The van der Waals surface area contributed by atoms with Crippen LogP contribution in [0.5, 0.6) is 0 Å². The molecule has 1 rings (SSSR count). The number of aromatic nitrogens is 2. The van der Waals surface area contributed by atoms with Gasteiger partial charge in [-0.3, -0.25) is 0 Å². The highest BCUT2D eigenvalue weighted by Crippen LogP contribution is 2.15. The van der Waals surface area contributed by atoms with E-state index in [0.29, 0.717) is 6.04 Å². The van der Waals surface area contributed by atoms with Gasteiger partial charge in [0.2, 0.25) is 0 Å². The summed E-state index contributed by atoms with van der Waals surface area (Å²) in [6.07, 6.45) is 11.4. The molecule has 2 nitrogen and oxygen atoms in total. The van der Waals surface area contributed by atoms with Gasteiger partial charge in [0.25, 0.3) is 0 Å². The molecule has 0 aliphatic carbocycles. The van der Waals surface area contributed by atoms with E-state index in [2.05, 4.69) is 22.7 Å². The van der Waals surface area contributed by atoms with E-state index < -0.39 is 0 Å². The number of allylic oxidation sites excluding steroid dienone is 2. The standard InChI is InChI=1S/C10H14N2/c1-3-5-10(6-4-2)12-8-7-11-9-12/h3-4,7-10H,1-2,5-6H2. The lowest BCUT2D eigenvalue weighted by atomic mass is 10.1. The molecule has 0 saturated heterocycles. The Bertz CT molecular complexity index is 226. The molecule has 0 radical (unpaired) electrons. The molecule has 1 aromatic rings. The van der Waals surface area contributed by atoms with Gasteiger partial charge in [0, 0.05) is 18.4 Å². The van der Waals surface area contributed by atoms with Crippen molar-refractivity contribution in [2.24, 2.45) is 0 Å². The van der Waals surface area contributed by atoms with E-state index in [0.717, 1.165) is 12.8 Å². The quantitative estimate of drug-likeness (QED) is 0.608.